The predicted molar refractivity (Wildman–Crippen MR) is 73.4 cm³/mol. The van der Waals surface area contributed by atoms with Crippen LogP contribution < -0.4 is 10.1 Å². The first-order valence-electron chi connectivity index (χ1n) is 6.38. The van der Waals surface area contributed by atoms with E-state index in [9.17, 15) is 4.39 Å². The molecule has 0 saturated heterocycles. The summed E-state index contributed by atoms with van der Waals surface area (Å²) in [5, 5.41) is 3.19. The maximum Gasteiger partial charge on any atom is 0.131 e. The second kappa shape index (κ2) is 6.19. The average molecular weight is 253 g/mol. The van der Waals surface area contributed by atoms with Gasteiger partial charge in [-0.1, -0.05) is 26.8 Å². The summed E-state index contributed by atoms with van der Waals surface area (Å²) in [6, 6.07) is 4.95. The van der Waals surface area contributed by atoms with Crippen molar-refractivity contribution >= 4 is 0 Å². The van der Waals surface area contributed by atoms with Gasteiger partial charge in [0.25, 0.3) is 0 Å². The second-order valence-corrected chi connectivity index (χ2v) is 5.80. The van der Waals surface area contributed by atoms with Crippen molar-refractivity contribution in [1.29, 1.82) is 0 Å². The molecule has 0 spiro atoms. The molecule has 1 N–H and O–H groups in total. The van der Waals surface area contributed by atoms with Gasteiger partial charge in [0, 0.05) is 11.6 Å². The molecule has 0 aliphatic rings. The van der Waals surface area contributed by atoms with Crippen molar-refractivity contribution in [2.45, 2.75) is 39.7 Å². The van der Waals surface area contributed by atoms with Crippen molar-refractivity contribution in [3.8, 4) is 5.75 Å². The fourth-order valence-electron chi connectivity index (χ4n) is 2.04. The molecule has 0 radical (unpaired) electrons. The Morgan fingerprint density at radius 1 is 1.33 bits per heavy atom. The molecule has 18 heavy (non-hydrogen) atoms. The Morgan fingerprint density at radius 2 is 2.00 bits per heavy atom. The van der Waals surface area contributed by atoms with E-state index in [0.29, 0.717) is 11.3 Å². The van der Waals surface area contributed by atoms with Crippen LogP contribution in [0.4, 0.5) is 4.39 Å². The van der Waals surface area contributed by atoms with Gasteiger partial charge in [-0.25, -0.2) is 4.39 Å². The van der Waals surface area contributed by atoms with Crippen LogP contribution in [-0.2, 0) is 0 Å². The van der Waals surface area contributed by atoms with Gasteiger partial charge < -0.3 is 10.1 Å². The van der Waals surface area contributed by atoms with Gasteiger partial charge in [0.1, 0.15) is 11.6 Å². The lowest BCUT2D eigenvalue weighted by Gasteiger charge is -2.24. The topological polar surface area (TPSA) is 21.3 Å². The molecule has 2 nitrogen and oxygen atoms in total. The molecule has 0 fully saturated rings. The minimum absolute atomic E-state index is 0.0135. The molecule has 1 atom stereocenters. The largest absolute Gasteiger partial charge is 0.496 e. The molecular weight excluding hydrogens is 229 g/mol. The molecule has 0 aliphatic carbocycles. The molecule has 0 amide bonds. The van der Waals surface area contributed by atoms with Crippen LogP contribution in [0.15, 0.2) is 18.2 Å². The highest BCUT2D eigenvalue weighted by Crippen LogP contribution is 2.33. The van der Waals surface area contributed by atoms with E-state index < -0.39 is 0 Å². The number of ether oxygens (including phenoxy) is 1. The summed E-state index contributed by atoms with van der Waals surface area (Å²) in [6.07, 6.45) is 1.91. The second-order valence-electron chi connectivity index (χ2n) is 5.80. The lowest BCUT2D eigenvalue weighted by Crippen LogP contribution is -2.20. The SMILES string of the molecule is CNC(CCC(C)(C)C)c1c(F)cccc1OC. The van der Waals surface area contributed by atoms with E-state index in [4.69, 9.17) is 4.74 Å². The molecule has 102 valence electrons. The molecule has 1 rings (SSSR count). The fourth-order valence-corrected chi connectivity index (χ4v) is 2.04. The van der Waals surface area contributed by atoms with Crippen molar-refractivity contribution in [3.05, 3.63) is 29.6 Å². The van der Waals surface area contributed by atoms with Crippen LogP contribution in [0, 0.1) is 11.2 Å². The Morgan fingerprint density at radius 3 is 2.50 bits per heavy atom. The van der Waals surface area contributed by atoms with Gasteiger partial charge in [-0.2, -0.15) is 0 Å². The molecule has 0 aliphatic heterocycles. The molecule has 0 bridgehead atoms. The van der Waals surface area contributed by atoms with Gasteiger partial charge in [-0.3, -0.25) is 0 Å². The zero-order valence-electron chi connectivity index (χ0n) is 12.0. The van der Waals surface area contributed by atoms with E-state index in [-0.39, 0.29) is 17.3 Å². The van der Waals surface area contributed by atoms with Gasteiger partial charge in [0.15, 0.2) is 0 Å². The van der Waals surface area contributed by atoms with Crippen LogP contribution in [0.2, 0.25) is 0 Å². The molecule has 3 heteroatoms. The smallest absolute Gasteiger partial charge is 0.131 e. The van der Waals surface area contributed by atoms with Crippen molar-refractivity contribution < 1.29 is 9.13 Å². The van der Waals surface area contributed by atoms with E-state index in [1.165, 1.54) is 6.07 Å². The maximum atomic E-state index is 14.0. The highest BCUT2D eigenvalue weighted by atomic mass is 19.1. The molecule has 1 aromatic rings. The van der Waals surface area contributed by atoms with Crippen molar-refractivity contribution in [2.24, 2.45) is 5.41 Å². The van der Waals surface area contributed by atoms with Gasteiger partial charge in [-0.15, -0.1) is 0 Å². The average Bonchev–Trinajstić information content (AvgIpc) is 2.30. The third-order valence-electron chi connectivity index (χ3n) is 3.11. The van der Waals surface area contributed by atoms with E-state index in [0.717, 1.165) is 12.8 Å². The van der Waals surface area contributed by atoms with Crippen molar-refractivity contribution in [2.75, 3.05) is 14.2 Å². The standard InChI is InChI=1S/C15H24FNO/c1-15(2,3)10-9-12(17-4)14-11(16)7-6-8-13(14)18-5/h6-8,12,17H,9-10H2,1-5H3. The monoisotopic (exact) mass is 253 g/mol. The summed E-state index contributed by atoms with van der Waals surface area (Å²) >= 11 is 0. The maximum absolute atomic E-state index is 14.0. The molecule has 0 aromatic heterocycles. The lowest BCUT2D eigenvalue weighted by molar-refractivity contribution is 0.327. The van der Waals surface area contributed by atoms with Crippen LogP contribution in [-0.4, -0.2) is 14.2 Å². The van der Waals surface area contributed by atoms with Crippen LogP contribution in [0.25, 0.3) is 0 Å². The Labute approximate surface area is 110 Å². The van der Waals surface area contributed by atoms with Gasteiger partial charge >= 0.3 is 0 Å². The minimum atomic E-state index is -0.206. The first kappa shape index (κ1) is 15.0. The minimum Gasteiger partial charge on any atom is -0.496 e. The lowest BCUT2D eigenvalue weighted by atomic mass is 9.87. The van der Waals surface area contributed by atoms with Crippen molar-refractivity contribution in [1.82, 2.24) is 5.32 Å². The summed E-state index contributed by atoms with van der Waals surface area (Å²) < 4.78 is 19.2. The number of hydrogen-bond donors (Lipinski definition) is 1. The van der Waals surface area contributed by atoms with E-state index in [1.54, 1.807) is 19.2 Å². The van der Waals surface area contributed by atoms with Crippen LogP contribution in [0.3, 0.4) is 0 Å². The van der Waals surface area contributed by atoms with Crippen LogP contribution in [0.5, 0.6) is 5.75 Å². The molecule has 0 saturated carbocycles. The van der Waals surface area contributed by atoms with Crippen LogP contribution in [0.1, 0.15) is 45.2 Å². The van der Waals surface area contributed by atoms with Crippen LogP contribution >= 0.6 is 0 Å². The van der Waals surface area contributed by atoms with E-state index in [2.05, 4.69) is 26.1 Å². The zero-order valence-corrected chi connectivity index (χ0v) is 12.0. The Balaban J connectivity index is 2.94. The summed E-state index contributed by atoms with van der Waals surface area (Å²) in [5.74, 6) is 0.408. The summed E-state index contributed by atoms with van der Waals surface area (Å²) in [7, 11) is 3.44. The molecule has 0 heterocycles. The normalized spacial score (nSPS) is 13.4. The van der Waals surface area contributed by atoms with E-state index >= 15 is 0 Å². The number of nitrogens with one attached hydrogen (secondary N) is 1. The zero-order chi connectivity index (χ0) is 13.8. The number of rotatable bonds is 5. The predicted octanol–water partition coefficient (Wildman–Crippen LogP) is 3.92. The number of benzene rings is 1. The van der Waals surface area contributed by atoms with Gasteiger partial charge in [-0.05, 0) is 37.4 Å². The molecule has 1 unspecified atom stereocenters. The summed E-state index contributed by atoms with van der Waals surface area (Å²) in [5.41, 5.74) is 0.875. The van der Waals surface area contributed by atoms with E-state index in [1.807, 2.05) is 7.05 Å². The number of halogens is 1. The number of hydrogen-bond acceptors (Lipinski definition) is 2. The third kappa shape index (κ3) is 3.98. The first-order chi connectivity index (χ1) is 8.39. The highest BCUT2D eigenvalue weighted by Gasteiger charge is 2.21. The summed E-state index contributed by atoms with van der Waals surface area (Å²) in [6.45, 7) is 6.58. The Kier molecular flexibility index (Phi) is 5.15. The van der Waals surface area contributed by atoms with Gasteiger partial charge in [0.2, 0.25) is 0 Å². The van der Waals surface area contributed by atoms with Gasteiger partial charge in [0.05, 0.1) is 7.11 Å². The highest BCUT2D eigenvalue weighted by molar-refractivity contribution is 5.37. The number of methoxy groups -OCH3 is 1. The fraction of sp³-hybridized carbons (Fsp3) is 0.600. The third-order valence-corrected chi connectivity index (χ3v) is 3.11. The Bertz CT molecular complexity index is 385. The molecular formula is C15H24FNO. The summed E-state index contributed by atoms with van der Waals surface area (Å²) in [4.78, 5) is 0. The Hall–Kier alpha value is -1.09. The molecule has 1 aromatic carbocycles. The van der Waals surface area contributed by atoms with Crippen molar-refractivity contribution in [3.63, 3.8) is 0 Å². The first-order valence-corrected chi connectivity index (χ1v) is 6.38. The quantitative estimate of drug-likeness (QED) is 0.858.